The number of alkyl halides is 3. The summed E-state index contributed by atoms with van der Waals surface area (Å²) in [5, 5.41) is 11.2. The van der Waals surface area contributed by atoms with Crippen molar-refractivity contribution in [2.24, 2.45) is 0 Å². The Kier molecular flexibility index (Phi) is 4.49. The molecule has 0 aliphatic carbocycles. The molecule has 120 valence electrons. The second-order valence-electron chi connectivity index (χ2n) is 4.98. The molecule has 1 atom stereocenters. The Bertz CT molecular complexity index is 742. The maximum atomic E-state index is 12.8. The van der Waals surface area contributed by atoms with Crippen LogP contribution < -0.4 is 0 Å². The van der Waals surface area contributed by atoms with Crippen LogP contribution in [0.25, 0.3) is 0 Å². The Morgan fingerprint density at radius 2 is 1.74 bits per heavy atom. The van der Waals surface area contributed by atoms with Gasteiger partial charge in [0.2, 0.25) is 0 Å². The number of nitrogens with zero attached hydrogens (tertiary/aromatic N) is 1. The van der Waals surface area contributed by atoms with Gasteiger partial charge in [-0.3, -0.25) is 14.9 Å². The summed E-state index contributed by atoms with van der Waals surface area (Å²) in [6.45, 7) is 1.25. The number of nitro groups is 1. The fourth-order valence-electron chi connectivity index (χ4n) is 2.40. The van der Waals surface area contributed by atoms with Crippen LogP contribution in [-0.4, -0.2) is 10.7 Å². The molecule has 0 bridgehead atoms. The Hall–Kier alpha value is -2.70. The van der Waals surface area contributed by atoms with Gasteiger partial charge in [0, 0.05) is 11.6 Å². The number of carbonyl (C=O) groups excluding carboxylic acids is 1. The maximum absolute atomic E-state index is 12.8. The molecule has 0 unspecified atom stereocenters. The zero-order valence-corrected chi connectivity index (χ0v) is 12.0. The molecular weight excluding hydrogens is 311 g/mol. The Labute approximate surface area is 129 Å². The lowest BCUT2D eigenvalue weighted by Crippen LogP contribution is -2.14. The van der Waals surface area contributed by atoms with Crippen molar-refractivity contribution in [3.8, 4) is 0 Å². The lowest BCUT2D eigenvalue weighted by molar-refractivity contribution is -0.385. The van der Waals surface area contributed by atoms with E-state index in [2.05, 4.69) is 0 Å². The highest BCUT2D eigenvalue weighted by Gasteiger charge is 2.35. The number of benzene rings is 2. The summed E-state index contributed by atoms with van der Waals surface area (Å²) in [5.74, 6) is -1.38. The molecule has 0 N–H and O–H groups in total. The molecule has 0 saturated heterocycles. The van der Waals surface area contributed by atoms with Gasteiger partial charge in [-0.05, 0) is 18.6 Å². The van der Waals surface area contributed by atoms with Crippen molar-refractivity contribution in [2.45, 2.75) is 19.0 Å². The maximum Gasteiger partial charge on any atom is 0.416 e. The molecule has 0 saturated carbocycles. The van der Waals surface area contributed by atoms with Crippen LogP contribution in [-0.2, 0) is 11.0 Å². The molecule has 0 heterocycles. The first-order valence-corrected chi connectivity index (χ1v) is 6.62. The van der Waals surface area contributed by atoms with E-state index in [0.29, 0.717) is 11.6 Å². The summed E-state index contributed by atoms with van der Waals surface area (Å²) in [6, 6.07) is 10.4. The summed E-state index contributed by atoms with van der Waals surface area (Å²) in [4.78, 5) is 22.2. The van der Waals surface area contributed by atoms with Crippen molar-refractivity contribution >= 4 is 11.5 Å². The molecule has 0 amide bonds. The predicted molar refractivity (Wildman–Crippen MR) is 77.1 cm³/mol. The third-order valence-corrected chi connectivity index (χ3v) is 3.40. The third-order valence-electron chi connectivity index (χ3n) is 3.40. The lowest BCUT2D eigenvalue weighted by Gasteiger charge is -2.16. The van der Waals surface area contributed by atoms with Gasteiger partial charge in [0.15, 0.2) is 0 Å². The van der Waals surface area contributed by atoms with E-state index in [1.807, 2.05) is 0 Å². The van der Waals surface area contributed by atoms with Gasteiger partial charge in [0.25, 0.3) is 5.69 Å². The van der Waals surface area contributed by atoms with Crippen LogP contribution in [0.3, 0.4) is 0 Å². The zero-order chi connectivity index (χ0) is 17.2. The molecule has 0 aromatic heterocycles. The van der Waals surface area contributed by atoms with Crippen LogP contribution in [0, 0.1) is 10.1 Å². The molecule has 0 aliphatic rings. The van der Waals surface area contributed by atoms with Crippen molar-refractivity contribution in [3.05, 3.63) is 75.3 Å². The lowest BCUT2D eigenvalue weighted by atomic mass is 9.86. The Balaban J connectivity index is 2.65. The molecule has 0 aliphatic heterocycles. The van der Waals surface area contributed by atoms with Crippen LogP contribution >= 0.6 is 0 Å². The Morgan fingerprint density at radius 3 is 2.22 bits per heavy atom. The summed E-state index contributed by atoms with van der Waals surface area (Å²) < 4.78 is 38.3. The Morgan fingerprint density at radius 1 is 1.13 bits per heavy atom. The fraction of sp³-hybridized carbons (Fsp3) is 0.188. The molecule has 2 aromatic rings. The van der Waals surface area contributed by atoms with E-state index >= 15 is 0 Å². The molecular formula is C16H12F3NO3. The summed E-state index contributed by atoms with van der Waals surface area (Å²) in [5.41, 5.74) is -1.41. The summed E-state index contributed by atoms with van der Waals surface area (Å²) >= 11 is 0. The second kappa shape index (κ2) is 6.20. The van der Waals surface area contributed by atoms with Crippen molar-refractivity contribution < 1.29 is 22.9 Å². The molecule has 7 heteroatoms. The van der Waals surface area contributed by atoms with Gasteiger partial charge in [-0.1, -0.05) is 36.4 Å². The summed E-state index contributed by atoms with van der Waals surface area (Å²) in [6.07, 6.45) is -4.69. The SMILES string of the molecule is CC(=O)[C@@H](c1ccccc1)c1ccc(C(F)(F)F)cc1[N+](=O)[O-]. The van der Waals surface area contributed by atoms with Gasteiger partial charge in [-0.25, -0.2) is 0 Å². The largest absolute Gasteiger partial charge is 0.416 e. The van der Waals surface area contributed by atoms with Crippen molar-refractivity contribution in [3.63, 3.8) is 0 Å². The zero-order valence-electron chi connectivity index (χ0n) is 12.0. The number of hydrogen-bond donors (Lipinski definition) is 0. The molecule has 0 fully saturated rings. The van der Waals surface area contributed by atoms with Crippen LogP contribution in [0.15, 0.2) is 48.5 Å². The minimum atomic E-state index is -4.69. The van der Waals surface area contributed by atoms with Crippen LogP contribution in [0.5, 0.6) is 0 Å². The molecule has 23 heavy (non-hydrogen) atoms. The molecule has 0 radical (unpaired) electrons. The molecule has 2 aromatic carbocycles. The van der Waals surface area contributed by atoms with Gasteiger partial charge >= 0.3 is 6.18 Å². The van der Waals surface area contributed by atoms with E-state index in [4.69, 9.17) is 0 Å². The highest BCUT2D eigenvalue weighted by atomic mass is 19.4. The first-order valence-electron chi connectivity index (χ1n) is 6.62. The van der Waals surface area contributed by atoms with Gasteiger partial charge in [-0.15, -0.1) is 0 Å². The van der Waals surface area contributed by atoms with E-state index in [9.17, 15) is 28.1 Å². The number of ketones is 1. The number of halogens is 3. The monoisotopic (exact) mass is 323 g/mol. The minimum absolute atomic E-state index is 0.0540. The van der Waals surface area contributed by atoms with Gasteiger partial charge in [0.05, 0.1) is 16.4 Å². The van der Waals surface area contributed by atoms with Crippen LogP contribution in [0.4, 0.5) is 18.9 Å². The van der Waals surface area contributed by atoms with E-state index in [-0.39, 0.29) is 11.3 Å². The highest BCUT2D eigenvalue weighted by Crippen LogP contribution is 2.37. The smallest absolute Gasteiger partial charge is 0.299 e. The molecule has 4 nitrogen and oxygen atoms in total. The average Bonchev–Trinajstić information content (AvgIpc) is 2.47. The molecule has 2 rings (SSSR count). The predicted octanol–water partition coefficient (Wildman–Crippen LogP) is 4.33. The quantitative estimate of drug-likeness (QED) is 0.621. The number of Topliss-reactive ketones (excluding diaryl/α,β-unsaturated/α-hetero) is 1. The summed E-state index contributed by atoms with van der Waals surface area (Å²) in [7, 11) is 0. The average molecular weight is 323 g/mol. The molecule has 0 spiro atoms. The normalized spacial score (nSPS) is 12.7. The number of rotatable bonds is 4. The number of carbonyl (C=O) groups is 1. The van der Waals surface area contributed by atoms with Crippen LogP contribution in [0.2, 0.25) is 0 Å². The van der Waals surface area contributed by atoms with E-state index in [1.54, 1.807) is 30.3 Å². The van der Waals surface area contributed by atoms with Gasteiger partial charge in [-0.2, -0.15) is 13.2 Å². The van der Waals surface area contributed by atoms with Crippen molar-refractivity contribution in [2.75, 3.05) is 0 Å². The highest BCUT2D eigenvalue weighted by molar-refractivity contribution is 5.88. The van der Waals surface area contributed by atoms with E-state index in [0.717, 1.165) is 12.1 Å². The number of hydrogen-bond acceptors (Lipinski definition) is 3. The van der Waals surface area contributed by atoms with Gasteiger partial charge in [0.1, 0.15) is 5.78 Å². The minimum Gasteiger partial charge on any atom is -0.299 e. The number of nitro benzene ring substituents is 1. The van der Waals surface area contributed by atoms with E-state index < -0.39 is 28.3 Å². The van der Waals surface area contributed by atoms with E-state index in [1.165, 1.54) is 6.92 Å². The topological polar surface area (TPSA) is 60.2 Å². The van der Waals surface area contributed by atoms with Crippen molar-refractivity contribution in [1.29, 1.82) is 0 Å². The van der Waals surface area contributed by atoms with Crippen LogP contribution in [0.1, 0.15) is 29.5 Å². The first kappa shape index (κ1) is 16.7. The van der Waals surface area contributed by atoms with Gasteiger partial charge < -0.3 is 0 Å². The second-order valence-corrected chi connectivity index (χ2v) is 4.98. The fourth-order valence-corrected chi connectivity index (χ4v) is 2.40. The first-order chi connectivity index (χ1) is 10.7. The third kappa shape index (κ3) is 3.56. The standard InChI is InChI=1S/C16H12F3NO3/c1-10(21)15(11-5-3-2-4-6-11)13-8-7-12(16(17,18)19)9-14(13)20(22)23/h2-9,15H,1H3/t15-/m0/s1. The van der Waals surface area contributed by atoms with Crippen molar-refractivity contribution in [1.82, 2.24) is 0 Å².